The van der Waals surface area contributed by atoms with E-state index in [1.807, 2.05) is 0 Å². The highest BCUT2D eigenvalue weighted by Crippen LogP contribution is 2.38. The first-order chi connectivity index (χ1) is 17.2. The highest BCUT2D eigenvalue weighted by molar-refractivity contribution is 7.92. The third kappa shape index (κ3) is 5.69. The van der Waals surface area contributed by atoms with Crippen LogP contribution in [0, 0.1) is 0 Å². The molecule has 3 aromatic rings. The largest absolute Gasteiger partial charge is 0.453 e. The van der Waals surface area contributed by atoms with Gasteiger partial charge >= 0.3 is 6.09 Å². The van der Waals surface area contributed by atoms with Crippen LogP contribution in [0.2, 0.25) is 5.02 Å². The van der Waals surface area contributed by atoms with E-state index in [0.717, 1.165) is 36.8 Å². The van der Waals surface area contributed by atoms with Gasteiger partial charge in [-0.2, -0.15) is 0 Å². The Hall–Kier alpha value is -3.41. The van der Waals surface area contributed by atoms with Crippen LogP contribution in [0.15, 0.2) is 53.4 Å². The van der Waals surface area contributed by atoms with Crippen LogP contribution < -0.4 is 15.4 Å². The van der Waals surface area contributed by atoms with Gasteiger partial charge in [-0.3, -0.25) is 19.6 Å². The van der Waals surface area contributed by atoms with Crippen LogP contribution in [0.5, 0.6) is 0 Å². The summed E-state index contributed by atoms with van der Waals surface area (Å²) in [6.45, 7) is 0. The van der Waals surface area contributed by atoms with E-state index in [2.05, 4.69) is 20.1 Å². The number of benzene rings is 2. The molecule has 1 heterocycles. The van der Waals surface area contributed by atoms with E-state index in [0.29, 0.717) is 16.4 Å². The van der Waals surface area contributed by atoms with Crippen molar-refractivity contribution in [1.29, 1.82) is 0 Å². The molecule has 0 aliphatic heterocycles. The van der Waals surface area contributed by atoms with E-state index in [-0.39, 0.29) is 21.7 Å². The second kappa shape index (κ2) is 10.7. The summed E-state index contributed by atoms with van der Waals surface area (Å²) in [4.78, 5) is 38.5. The van der Waals surface area contributed by atoms with Gasteiger partial charge in [-0.05, 0) is 73.7 Å². The quantitative estimate of drug-likeness (QED) is 0.405. The number of carbonyl (C=O) groups excluding carboxylic acids is 3. The molecule has 0 atom stereocenters. The van der Waals surface area contributed by atoms with E-state index < -0.39 is 27.9 Å². The number of sulfonamides is 1. The zero-order valence-electron chi connectivity index (χ0n) is 19.1. The number of thiophene rings is 1. The van der Waals surface area contributed by atoms with Gasteiger partial charge in [0.05, 0.1) is 17.6 Å². The number of halogens is 1. The molecule has 1 aliphatic rings. The zero-order chi connectivity index (χ0) is 25.9. The van der Waals surface area contributed by atoms with Crippen LogP contribution >= 0.6 is 22.9 Å². The summed E-state index contributed by atoms with van der Waals surface area (Å²) >= 11 is 7.13. The van der Waals surface area contributed by atoms with Crippen molar-refractivity contribution in [3.05, 3.63) is 75.1 Å². The maximum atomic E-state index is 13.1. The number of methoxy groups -OCH3 is 1. The highest BCUT2D eigenvalue weighted by atomic mass is 35.5. The lowest BCUT2D eigenvalue weighted by Crippen LogP contribution is -2.31. The monoisotopic (exact) mass is 547 g/mol. The number of fused-ring (bicyclic) bond motifs is 1. The van der Waals surface area contributed by atoms with Crippen LogP contribution in [-0.2, 0) is 27.6 Å². The molecule has 12 heteroatoms. The first-order valence-electron chi connectivity index (χ1n) is 10.9. The summed E-state index contributed by atoms with van der Waals surface area (Å²) in [6.07, 6.45) is 2.40. The van der Waals surface area contributed by atoms with Crippen LogP contribution in [0.1, 0.15) is 44.0 Å². The van der Waals surface area contributed by atoms with Crippen molar-refractivity contribution in [3.8, 4) is 0 Å². The Morgan fingerprint density at radius 3 is 2.44 bits per heavy atom. The van der Waals surface area contributed by atoms with Gasteiger partial charge in [-0.15, -0.1) is 11.3 Å². The van der Waals surface area contributed by atoms with Crippen LogP contribution in [0.4, 0.5) is 15.5 Å². The Morgan fingerprint density at radius 2 is 1.72 bits per heavy atom. The van der Waals surface area contributed by atoms with Gasteiger partial charge in [0.25, 0.3) is 21.8 Å². The van der Waals surface area contributed by atoms with E-state index in [1.165, 1.54) is 53.8 Å². The lowest BCUT2D eigenvalue weighted by atomic mass is 9.95. The van der Waals surface area contributed by atoms with Crippen molar-refractivity contribution in [3.63, 3.8) is 0 Å². The van der Waals surface area contributed by atoms with Crippen molar-refractivity contribution in [2.75, 3.05) is 17.1 Å². The SMILES string of the molecule is COC(=O)NC(=O)c1c(NC(=O)c2cccc(NS(=O)(=O)c3ccc(Cl)cc3)c2)sc2c1CCCC2. The van der Waals surface area contributed by atoms with E-state index >= 15 is 0 Å². The maximum Gasteiger partial charge on any atom is 0.413 e. The minimum absolute atomic E-state index is 0.0205. The van der Waals surface area contributed by atoms with Gasteiger partial charge in [-0.1, -0.05) is 17.7 Å². The molecule has 0 bridgehead atoms. The Morgan fingerprint density at radius 1 is 1.00 bits per heavy atom. The number of hydrogen-bond donors (Lipinski definition) is 3. The second-order valence-corrected chi connectivity index (χ2v) is 11.2. The van der Waals surface area contributed by atoms with Gasteiger partial charge < -0.3 is 10.1 Å². The smallest absolute Gasteiger partial charge is 0.413 e. The maximum absolute atomic E-state index is 13.1. The number of aryl methyl sites for hydroxylation is 1. The summed E-state index contributed by atoms with van der Waals surface area (Å²) < 4.78 is 32.4. The molecule has 1 aliphatic carbocycles. The summed E-state index contributed by atoms with van der Waals surface area (Å²) in [5, 5.41) is 5.64. The first kappa shape index (κ1) is 25.7. The molecular formula is C24H22ClN3O6S2. The van der Waals surface area contributed by atoms with Crippen molar-refractivity contribution >= 4 is 61.6 Å². The van der Waals surface area contributed by atoms with Crippen LogP contribution in [0.25, 0.3) is 0 Å². The molecule has 1 aromatic heterocycles. The molecule has 0 saturated carbocycles. The van der Waals surface area contributed by atoms with Crippen molar-refractivity contribution in [2.24, 2.45) is 0 Å². The number of amides is 3. The fraction of sp³-hybridized carbons (Fsp3) is 0.208. The Labute approximate surface area is 216 Å². The number of ether oxygens (including phenoxy) is 1. The van der Waals surface area contributed by atoms with E-state index in [1.54, 1.807) is 6.07 Å². The lowest BCUT2D eigenvalue weighted by molar-refractivity contribution is 0.0937. The lowest BCUT2D eigenvalue weighted by Gasteiger charge is -2.13. The number of hydrogen-bond acceptors (Lipinski definition) is 7. The molecule has 3 amide bonds. The Balaban J connectivity index is 1.57. The average molecular weight is 548 g/mol. The normalized spacial score (nSPS) is 12.8. The topological polar surface area (TPSA) is 131 Å². The Kier molecular flexibility index (Phi) is 7.62. The zero-order valence-corrected chi connectivity index (χ0v) is 21.5. The molecule has 0 fully saturated rings. The number of alkyl carbamates (subject to hydrolysis) is 1. The molecule has 0 spiro atoms. The summed E-state index contributed by atoms with van der Waals surface area (Å²) in [5.74, 6) is -1.19. The van der Waals surface area contributed by atoms with Gasteiger partial charge in [0.2, 0.25) is 0 Å². The summed E-state index contributed by atoms with van der Waals surface area (Å²) in [7, 11) is -2.75. The van der Waals surface area contributed by atoms with Gasteiger partial charge in [-0.25, -0.2) is 13.2 Å². The fourth-order valence-electron chi connectivity index (χ4n) is 3.83. The molecule has 36 heavy (non-hydrogen) atoms. The van der Waals surface area contributed by atoms with Crippen molar-refractivity contribution in [1.82, 2.24) is 5.32 Å². The first-order valence-corrected chi connectivity index (χ1v) is 13.6. The minimum Gasteiger partial charge on any atom is -0.453 e. The molecule has 0 saturated heterocycles. The van der Waals surface area contributed by atoms with Gasteiger partial charge in [0.1, 0.15) is 5.00 Å². The van der Waals surface area contributed by atoms with Crippen LogP contribution in [0.3, 0.4) is 0 Å². The predicted octanol–water partition coefficient (Wildman–Crippen LogP) is 4.83. The molecular weight excluding hydrogens is 526 g/mol. The fourth-order valence-corrected chi connectivity index (χ4v) is 6.28. The molecule has 0 unspecified atom stereocenters. The van der Waals surface area contributed by atoms with Gasteiger partial charge in [0.15, 0.2) is 0 Å². The standard InChI is InChI=1S/C24H22ClN3O6S2/c1-34-24(31)27-22(30)20-18-7-2-3-8-19(18)35-23(20)26-21(29)14-5-4-6-16(13-14)28-36(32,33)17-11-9-15(25)10-12-17/h4-6,9-13,28H,2-3,7-8H2,1H3,(H,26,29)(H,27,30,31). The number of rotatable bonds is 6. The van der Waals surface area contributed by atoms with E-state index in [4.69, 9.17) is 11.6 Å². The molecule has 9 nitrogen and oxygen atoms in total. The van der Waals surface area contributed by atoms with Crippen molar-refractivity contribution < 1.29 is 27.5 Å². The minimum atomic E-state index is -3.90. The number of imide groups is 1. The highest BCUT2D eigenvalue weighted by Gasteiger charge is 2.28. The molecule has 3 N–H and O–H groups in total. The molecule has 4 rings (SSSR count). The number of anilines is 2. The third-order valence-electron chi connectivity index (χ3n) is 5.53. The molecule has 2 aromatic carbocycles. The van der Waals surface area contributed by atoms with Gasteiger partial charge in [0, 0.05) is 21.2 Å². The molecule has 188 valence electrons. The van der Waals surface area contributed by atoms with Crippen molar-refractivity contribution in [2.45, 2.75) is 30.6 Å². The summed E-state index contributed by atoms with van der Waals surface area (Å²) in [6, 6.07) is 11.7. The molecule has 0 radical (unpaired) electrons. The number of carbonyl (C=O) groups is 3. The predicted molar refractivity (Wildman–Crippen MR) is 137 cm³/mol. The van der Waals surface area contributed by atoms with E-state index in [9.17, 15) is 22.8 Å². The third-order valence-corrected chi connectivity index (χ3v) is 8.38. The Bertz CT molecular complexity index is 1430. The summed E-state index contributed by atoms with van der Waals surface area (Å²) in [5.41, 5.74) is 1.42. The van der Waals surface area contributed by atoms with Crippen LogP contribution in [-0.4, -0.2) is 33.4 Å². The average Bonchev–Trinajstić information content (AvgIpc) is 3.22. The number of nitrogens with one attached hydrogen (secondary N) is 3. The second-order valence-electron chi connectivity index (χ2n) is 7.96.